The van der Waals surface area contributed by atoms with E-state index in [-0.39, 0.29) is 12.4 Å². The molecule has 0 aromatic heterocycles. The van der Waals surface area contributed by atoms with Crippen LogP contribution in [-0.4, -0.2) is 17.7 Å². The van der Waals surface area contributed by atoms with Gasteiger partial charge in [0.1, 0.15) is 5.82 Å². The highest BCUT2D eigenvalue weighted by Crippen LogP contribution is 2.33. The van der Waals surface area contributed by atoms with E-state index in [1.54, 1.807) is 6.07 Å². The molecule has 2 rings (SSSR count). The molecule has 2 nitrogen and oxygen atoms in total. The van der Waals surface area contributed by atoms with Crippen LogP contribution in [0.1, 0.15) is 32.3 Å². The van der Waals surface area contributed by atoms with Crippen molar-refractivity contribution in [1.82, 2.24) is 0 Å². The van der Waals surface area contributed by atoms with E-state index >= 15 is 0 Å². The van der Waals surface area contributed by atoms with Gasteiger partial charge in [-0.25, -0.2) is 4.39 Å². The number of aliphatic hydroxyl groups excluding tert-OH is 1. The Morgan fingerprint density at radius 1 is 1.47 bits per heavy atom. The highest BCUT2D eigenvalue weighted by atomic mass is 19.1. The molecule has 1 unspecified atom stereocenters. The van der Waals surface area contributed by atoms with E-state index in [0.717, 1.165) is 25.1 Å². The minimum Gasteiger partial charge on any atom is -0.391 e. The second-order valence-corrected chi connectivity index (χ2v) is 5.04. The minimum atomic E-state index is -0.306. The summed E-state index contributed by atoms with van der Waals surface area (Å²) in [6.07, 6.45) is 2.29. The topological polar surface area (TPSA) is 23.5 Å². The summed E-state index contributed by atoms with van der Waals surface area (Å²) in [5, 5.41) is 9.32. The molecule has 17 heavy (non-hydrogen) atoms. The van der Waals surface area contributed by atoms with Crippen LogP contribution >= 0.6 is 0 Å². The maximum atomic E-state index is 13.6. The van der Waals surface area contributed by atoms with Gasteiger partial charge in [-0.15, -0.1) is 0 Å². The Kier molecular flexibility index (Phi) is 3.67. The van der Waals surface area contributed by atoms with Gasteiger partial charge in [0.2, 0.25) is 0 Å². The van der Waals surface area contributed by atoms with E-state index in [4.69, 9.17) is 0 Å². The standard InChI is InChI=1S/C14H20FNO/c1-10(2)13-7-4-8-16(13)14-6-3-5-12(15)11(14)9-17/h3,5-6,10,13,17H,4,7-9H2,1-2H3. The maximum Gasteiger partial charge on any atom is 0.130 e. The van der Waals surface area contributed by atoms with Crippen LogP contribution in [0.25, 0.3) is 0 Å². The largest absolute Gasteiger partial charge is 0.391 e. The zero-order valence-corrected chi connectivity index (χ0v) is 10.5. The zero-order chi connectivity index (χ0) is 12.4. The van der Waals surface area contributed by atoms with Crippen molar-refractivity contribution in [2.45, 2.75) is 39.3 Å². The molecule has 0 amide bonds. The average molecular weight is 237 g/mol. The summed E-state index contributed by atoms with van der Waals surface area (Å²) in [6, 6.07) is 5.51. The number of nitrogens with zero attached hydrogens (tertiary/aromatic N) is 1. The van der Waals surface area contributed by atoms with Gasteiger partial charge in [0.25, 0.3) is 0 Å². The molecule has 0 aliphatic carbocycles. The van der Waals surface area contributed by atoms with Crippen molar-refractivity contribution in [3.05, 3.63) is 29.6 Å². The molecule has 1 aromatic rings. The molecule has 1 saturated heterocycles. The summed E-state index contributed by atoms with van der Waals surface area (Å²) in [5.74, 6) is 0.242. The number of hydrogen-bond donors (Lipinski definition) is 1. The van der Waals surface area contributed by atoms with Crippen LogP contribution in [0.5, 0.6) is 0 Å². The van der Waals surface area contributed by atoms with Crippen LogP contribution in [0.2, 0.25) is 0 Å². The van der Waals surface area contributed by atoms with Crippen LogP contribution in [0.3, 0.4) is 0 Å². The van der Waals surface area contributed by atoms with Gasteiger partial charge in [0, 0.05) is 23.8 Å². The van der Waals surface area contributed by atoms with Crippen LogP contribution < -0.4 is 4.90 Å². The minimum absolute atomic E-state index is 0.233. The molecule has 1 heterocycles. The third kappa shape index (κ3) is 2.29. The lowest BCUT2D eigenvalue weighted by Crippen LogP contribution is -2.34. The van der Waals surface area contributed by atoms with Crippen LogP contribution in [0.4, 0.5) is 10.1 Å². The smallest absolute Gasteiger partial charge is 0.130 e. The summed E-state index contributed by atoms with van der Waals surface area (Å²) < 4.78 is 13.6. The van der Waals surface area contributed by atoms with E-state index in [2.05, 4.69) is 18.7 Å². The molecule has 1 aliphatic rings. The quantitative estimate of drug-likeness (QED) is 0.873. The first-order valence-corrected chi connectivity index (χ1v) is 6.30. The van der Waals surface area contributed by atoms with Crippen molar-refractivity contribution in [2.24, 2.45) is 5.92 Å². The van der Waals surface area contributed by atoms with Crippen molar-refractivity contribution in [1.29, 1.82) is 0 Å². The van der Waals surface area contributed by atoms with Gasteiger partial charge < -0.3 is 10.0 Å². The van der Waals surface area contributed by atoms with Gasteiger partial charge in [-0.1, -0.05) is 19.9 Å². The Hall–Kier alpha value is -1.09. The molecule has 1 aromatic carbocycles. The van der Waals surface area contributed by atoms with E-state index in [1.165, 1.54) is 6.07 Å². The first-order valence-electron chi connectivity index (χ1n) is 6.30. The highest BCUT2D eigenvalue weighted by molar-refractivity contribution is 5.55. The molecule has 0 spiro atoms. The Morgan fingerprint density at radius 3 is 2.88 bits per heavy atom. The predicted octanol–water partition coefficient (Wildman–Crippen LogP) is 2.94. The first-order chi connectivity index (χ1) is 8.15. The average Bonchev–Trinajstić information content (AvgIpc) is 2.77. The Balaban J connectivity index is 2.36. The number of halogens is 1. The molecular weight excluding hydrogens is 217 g/mol. The van der Waals surface area contributed by atoms with E-state index < -0.39 is 0 Å². The molecule has 0 bridgehead atoms. The third-order valence-electron chi connectivity index (χ3n) is 3.63. The number of benzene rings is 1. The number of anilines is 1. The number of aliphatic hydroxyl groups is 1. The molecule has 1 fully saturated rings. The SMILES string of the molecule is CC(C)C1CCCN1c1cccc(F)c1CO. The van der Waals surface area contributed by atoms with Crippen LogP contribution in [-0.2, 0) is 6.61 Å². The third-order valence-corrected chi connectivity index (χ3v) is 3.63. The van der Waals surface area contributed by atoms with Crippen LogP contribution in [0.15, 0.2) is 18.2 Å². The summed E-state index contributed by atoms with van der Waals surface area (Å²) in [5.41, 5.74) is 1.30. The molecule has 0 saturated carbocycles. The maximum absolute atomic E-state index is 13.6. The lowest BCUT2D eigenvalue weighted by molar-refractivity contribution is 0.275. The fourth-order valence-corrected chi connectivity index (χ4v) is 2.76. The lowest BCUT2D eigenvalue weighted by atomic mass is 10.0. The lowest BCUT2D eigenvalue weighted by Gasteiger charge is -2.31. The summed E-state index contributed by atoms with van der Waals surface area (Å²) in [7, 11) is 0. The molecule has 3 heteroatoms. The second kappa shape index (κ2) is 5.05. The predicted molar refractivity (Wildman–Crippen MR) is 67.5 cm³/mol. The van der Waals surface area contributed by atoms with Crippen molar-refractivity contribution in [3.63, 3.8) is 0 Å². The first kappa shape index (κ1) is 12.4. The van der Waals surface area contributed by atoms with Gasteiger partial charge in [0.05, 0.1) is 6.61 Å². The van der Waals surface area contributed by atoms with Crippen molar-refractivity contribution < 1.29 is 9.50 Å². The van der Waals surface area contributed by atoms with Gasteiger partial charge in [-0.05, 0) is 30.9 Å². The molecule has 1 atom stereocenters. The summed E-state index contributed by atoms with van der Waals surface area (Å²) in [6.45, 7) is 5.12. The highest BCUT2D eigenvalue weighted by Gasteiger charge is 2.29. The van der Waals surface area contributed by atoms with Gasteiger partial charge >= 0.3 is 0 Å². The Morgan fingerprint density at radius 2 is 2.24 bits per heavy atom. The summed E-state index contributed by atoms with van der Waals surface area (Å²) in [4.78, 5) is 2.25. The van der Waals surface area contributed by atoms with Gasteiger partial charge in [-0.3, -0.25) is 0 Å². The molecular formula is C14H20FNO. The Labute approximate surface area is 102 Å². The molecule has 1 aliphatic heterocycles. The number of hydrogen-bond acceptors (Lipinski definition) is 2. The van der Waals surface area contributed by atoms with Crippen molar-refractivity contribution in [3.8, 4) is 0 Å². The zero-order valence-electron chi connectivity index (χ0n) is 10.5. The fraction of sp³-hybridized carbons (Fsp3) is 0.571. The fourth-order valence-electron chi connectivity index (χ4n) is 2.76. The monoisotopic (exact) mass is 237 g/mol. The van der Waals surface area contributed by atoms with Crippen LogP contribution in [0, 0.1) is 11.7 Å². The Bertz CT molecular complexity index is 392. The van der Waals surface area contributed by atoms with Gasteiger partial charge in [-0.2, -0.15) is 0 Å². The van der Waals surface area contributed by atoms with Crippen molar-refractivity contribution in [2.75, 3.05) is 11.4 Å². The second-order valence-electron chi connectivity index (χ2n) is 5.04. The van der Waals surface area contributed by atoms with Crippen molar-refractivity contribution >= 4 is 5.69 Å². The van der Waals surface area contributed by atoms with E-state index in [9.17, 15) is 9.50 Å². The normalized spacial score (nSPS) is 20.3. The number of rotatable bonds is 3. The van der Waals surface area contributed by atoms with E-state index in [1.807, 2.05) is 6.07 Å². The molecule has 1 N–H and O–H groups in total. The van der Waals surface area contributed by atoms with Gasteiger partial charge in [0.15, 0.2) is 0 Å². The molecule has 0 radical (unpaired) electrons. The molecule has 94 valence electrons. The summed E-state index contributed by atoms with van der Waals surface area (Å²) >= 11 is 0. The van der Waals surface area contributed by atoms with E-state index in [0.29, 0.717) is 17.5 Å².